The largest absolute Gasteiger partial charge is 0.399 e. The summed E-state index contributed by atoms with van der Waals surface area (Å²) in [7, 11) is 0. The van der Waals surface area contributed by atoms with Gasteiger partial charge in [-0.05, 0) is 35.4 Å². The van der Waals surface area contributed by atoms with Crippen LogP contribution in [0.25, 0.3) is 11.1 Å². The highest BCUT2D eigenvalue weighted by molar-refractivity contribution is 5.70. The Labute approximate surface area is 93.0 Å². The number of nitrogen functional groups attached to an aromatic ring is 2. The fourth-order valence-electron chi connectivity index (χ4n) is 1.47. The average molecular weight is 216 g/mol. The first-order valence-corrected chi connectivity index (χ1v) is 4.77. The SMILES string of the molecule is Nc1ccc(-c2ccc(N)c(OO)c2)cc1. The second kappa shape index (κ2) is 4.12. The lowest BCUT2D eigenvalue weighted by atomic mass is 10.0. The van der Waals surface area contributed by atoms with E-state index in [0.29, 0.717) is 11.4 Å². The highest BCUT2D eigenvalue weighted by Gasteiger charge is 2.04. The van der Waals surface area contributed by atoms with Crippen LogP contribution in [0.2, 0.25) is 0 Å². The van der Waals surface area contributed by atoms with Crippen LogP contribution in [0.5, 0.6) is 5.75 Å². The molecule has 0 spiro atoms. The van der Waals surface area contributed by atoms with Crippen LogP contribution in [0, 0.1) is 0 Å². The van der Waals surface area contributed by atoms with E-state index in [4.69, 9.17) is 16.7 Å². The Kier molecular flexibility index (Phi) is 2.66. The first-order chi connectivity index (χ1) is 7.70. The van der Waals surface area contributed by atoms with E-state index in [1.54, 1.807) is 12.1 Å². The van der Waals surface area contributed by atoms with E-state index in [0.717, 1.165) is 11.1 Å². The second-order valence-electron chi connectivity index (χ2n) is 3.47. The van der Waals surface area contributed by atoms with E-state index in [2.05, 4.69) is 4.89 Å². The molecule has 0 bridgehead atoms. The zero-order valence-electron chi connectivity index (χ0n) is 8.55. The lowest BCUT2D eigenvalue weighted by Crippen LogP contribution is -1.93. The first-order valence-electron chi connectivity index (χ1n) is 4.77. The van der Waals surface area contributed by atoms with Crippen molar-refractivity contribution in [2.24, 2.45) is 0 Å². The van der Waals surface area contributed by atoms with Crippen molar-refractivity contribution in [3.8, 4) is 16.9 Å². The molecule has 0 atom stereocenters. The van der Waals surface area contributed by atoms with Crippen molar-refractivity contribution >= 4 is 11.4 Å². The fraction of sp³-hybridized carbons (Fsp3) is 0. The van der Waals surface area contributed by atoms with Crippen molar-refractivity contribution in [3.63, 3.8) is 0 Å². The molecule has 0 saturated heterocycles. The minimum Gasteiger partial charge on any atom is -0.399 e. The first kappa shape index (κ1) is 10.3. The molecule has 2 aromatic carbocycles. The summed E-state index contributed by atoms with van der Waals surface area (Å²) in [6, 6.07) is 12.6. The maximum absolute atomic E-state index is 8.63. The van der Waals surface area contributed by atoms with Crippen molar-refractivity contribution < 1.29 is 10.1 Å². The number of benzene rings is 2. The van der Waals surface area contributed by atoms with Crippen LogP contribution in [0.15, 0.2) is 42.5 Å². The topological polar surface area (TPSA) is 81.5 Å². The zero-order chi connectivity index (χ0) is 11.5. The lowest BCUT2D eigenvalue weighted by molar-refractivity contribution is -0.136. The number of nitrogens with two attached hydrogens (primary N) is 2. The molecule has 5 N–H and O–H groups in total. The molecule has 0 aliphatic heterocycles. The summed E-state index contributed by atoms with van der Waals surface area (Å²) >= 11 is 0. The maximum atomic E-state index is 8.63. The minimum atomic E-state index is 0.245. The minimum absolute atomic E-state index is 0.245. The van der Waals surface area contributed by atoms with Crippen molar-refractivity contribution in [1.29, 1.82) is 0 Å². The normalized spacial score (nSPS) is 10.1. The average Bonchev–Trinajstić information content (AvgIpc) is 2.31. The molecule has 0 aromatic heterocycles. The van der Waals surface area contributed by atoms with Gasteiger partial charge in [-0.3, -0.25) is 0 Å². The van der Waals surface area contributed by atoms with Gasteiger partial charge in [0.15, 0.2) is 5.75 Å². The molecule has 4 heteroatoms. The predicted octanol–water partition coefficient (Wildman–Crippen LogP) is 2.37. The van der Waals surface area contributed by atoms with Crippen LogP contribution < -0.4 is 16.4 Å². The molecular weight excluding hydrogens is 204 g/mol. The molecule has 0 heterocycles. The molecular formula is C12H12N2O2. The lowest BCUT2D eigenvalue weighted by Gasteiger charge is -2.06. The van der Waals surface area contributed by atoms with Gasteiger partial charge >= 0.3 is 0 Å². The Bertz CT molecular complexity index is 495. The number of rotatable bonds is 2. The number of anilines is 2. The van der Waals surface area contributed by atoms with E-state index in [1.165, 1.54) is 0 Å². The Morgan fingerprint density at radius 1 is 0.875 bits per heavy atom. The quantitative estimate of drug-likeness (QED) is 0.409. The third-order valence-corrected chi connectivity index (χ3v) is 2.36. The standard InChI is InChI=1S/C12H12N2O2/c13-10-4-1-8(2-5-10)9-3-6-11(14)12(7-9)16-15/h1-7,15H,13-14H2. The highest BCUT2D eigenvalue weighted by atomic mass is 17.1. The highest BCUT2D eigenvalue weighted by Crippen LogP contribution is 2.28. The van der Waals surface area contributed by atoms with E-state index < -0.39 is 0 Å². The van der Waals surface area contributed by atoms with Gasteiger partial charge in [0.25, 0.3) is 0 Å². The molecule has 0 fully saturated rings. The molecule has 82 valence electrons. The third-order valence-electron chi connectivity index (χ3n) is 2.36. The number of hydrogen-bond donors (Lipinski definition) is 3. The second-order valence-corrected chi connectivity index (χ2v) is 3.47. The van der Waals surface area contributed by atoms with Gasteiger partial charge in [0, 0.05) is 5.69 Å². The van der Waals surface area contributed by atoms with Crippen molar-refractivity contribution in [2.75, 3.05) is 11.5 Å². The predicted molar refractivity (Wildman–Crippen MR) is 64.0 cm³/mol. The Balaban J connectivity index is 2.44. The van der Waals surface area contributed by atoms with E-state index in [9.17, 15) is 0 Å². The van der Waals surface area contributed by atoms with Gasteiger partial charge in [0.2, 0.25) is 0 Å². The van der Waals surface area contributed by atoms with E-state index >= 15 is 0 Å². The summed E-state index contributed by atoms with van der Waals surface area (Å²) in [5.41, 5.74) is 14.2. The van der Waals surface area contributed by atoms with Gasteiger partial charge in [-0.15, -0.1) is 0 Å². The Morgan fingerprint density at radius 3 is 2.12 bits per heavy atom. The smallest absolute Gasteiger partial charge is 0.188 e. The van der Waals surface area contributed by atoms with Gasteiger partial charge in [-0.2, -0.15) is 0 Å². The summed E-state index contributed by atoms with van der Waals surface area (Å²) in [6.07, 6.45) is 0. The monoisotopic (exact) mass is 216 g/mol. The van der Waals surface area contributed by atoms with Crippen molar-refractivity contribution in [2.45, 2.75) is 0 Å². The maximum Gasteiger partial charge on any atom is 0.188 e. The summed E-state index contributed by atoms with van der Waals surface area (Å²) < 4.78 is 0. The van der Waals surface area contributed by atoms with Crippen molar-refractivity contribution in [1.82, 2.24) is 0 Å². The van der Waals surface area contributed by atoms with Gasteiger partial charge in [-0.25, -0.2) is 5.26 Å². The molecule has 4 nitrogen and oxygen atoms in total. The van der Waals surface area contributed by atoms with Crippen LogP contribution in [-0.2, 0) is 0 Å². The molecule has 0 radical (unpaired) electrons. The number of hydrogen-bond acceptors (Lipinski definition) is 4. The summed E-state index contributed by atoms with van der Waals surface area (Å²) in [5, 5.41) is 8.63. The molecule has 0 amide bonds. The molecule has 0 aliphatic carbocycles. The molecule has 0 aliphatic rings. The van der Waals surface area contributed by atoms with Gasteiger partial charge in [0.1, 0.15) is 0 Å². The van der Waals surface area contributed by atoms with Crippen molar-refractivity contribution in [3.05, 3.63) is 42.5 Å². The van der Waals surface area contributed by atoms with Crippen LogP contribution in [0.3, 0.4) is 0 Å². The summed E-state index contributed by atoms with van der Waals surface area (Å²) in [5.74, 6) is 0.245. The Hall–Kier alpha value is -2.20. The Morgan fingerprint density at radius 2 is 1.50 bits per heavy atom. The third kappa shape index (κ3) is 1.92. The molecule has 0 saturated carbocycles. The molecule has 0 unspecified atom stereocenters. The van der Waals surface area contributed by atoms with Crippen LogP contribution >= 0.6 is 0 Å². The van der Waals surface area contributed by atoms with Crippen LogP contribution in [-0.4, -0.2) is 5.26 Å². The van der Waals surface area contributed by atoms with E-state index in [-0.39, 0.29) is 5.75 Å². The molecule has 16 heavy (non-hydrogen) atoms. The summed E-state index contributed by atoms with van der Waals surface area (Å²) in [6.45, 7) is 0. The molecule has 2 aromatic rings. The van der Waals surface area contributed by atoms with Gasteiger partial charge in [-0.1, -0.05) is 18.2 Å². The van der Waals surface area contributed by atoms with Crippen LogP contribution in [0.4, 0.5) is 11.4 Å². The summed E-state index contributed by atoms with van der Waals surface area (Å²) in [4.78, 5) is 4.18. The zero-order valence-corrected chi connectivity index (χ0v) is 8.55. The van der Waals surface area contributed by atoms with Crippen LogP contribution in [0.1, 0.15) is 0 Å². The van der Waals surface area contributed by atoms with E-state index in [1.807, 2.05) is 30.3 Å². The molecule has 2 rings (SSSR count). The fourth-order valence-corrected chi connectivity index (χ4v) is 1.47. The van der Waals surface area contributed by atoms with Gasteiger partial charge < -0.3 is 16.4 Å². The van der Waals surface area contributed by atoms with Gasteiger partial charge in [0.05, 0.1) is 5.69 Å².